The second-order valence-corrected chi connectivity index (χ2v) is 11.9. The summed E-state index contributed by atoms with van der Waals surface area (Å²) < 4.78 is 79.6. The molecule has 2 aliphatic rings. The number of para-hydroxylation sites is 1. The predicted molar refractivity (Wildman–Crippen MR) is 144 cm³/mol. The van der Waals surface area contributed by atoms with Crippen molar-refractivity contribution in [2.75, 3.05) is 17.2 Å². The standard InChI is InChI=1S/C29H27F6N5O4/c1-26(2,3)12-21(24(43)40-14-27(11-16(40)13-36)17-6-4-5-7-19(17)39-25(27)44)38-23(42)22(41)37-20-9-8-15(28(30,31)32)10-18(20)29(33,34)35/h4-10,16,21H,11-12,14H2,1-3H3,(H,37,41)(H,38,42)(H,39,44)/t16-,21-,27-/m0/s1. The molecule has 1 spiro atoms. The topological polar surface area (TPSA) is 131 Å². The minimum Gasteiger partial charge on any atom is -0.336 e. The van der Waals surface area contributed by atoms with E-state index in [0.717, 1.165) is 4.90 Å². The fourth-order valence-electron chi connectivity index (χ4n) is 5.47. The number of nitrogens with zero attached hydrogens (tertiary/aromatic N) is 2. The van der Waals surface area contributed by atoms with Crippen LogP contribution in [0.3, 0.4) is 0 Å². The van der Waals surface area contributed by atoms with Crippen LogP contribution < -0.4 is 16.0 Å². The first kappa shape index (κ1) is 32.3. The molecule has 0 radical (unpaired) electrons. The fourth-order valence-corrected chi connectivity index (χ4v) is 5.47. The molecule has 2 aliphatic heterocycles. The Kier molecular flexibility index (Phi) is 8.18. The zero-order valence-corrected chi connectivity index (χ0v) is 23.6. The van der Waals surface area contributed by atoms with Crippen molar-refractivity contribution >= 4 is 35.0 Å². The number of hydrogen-bond acceptors (Lipinski definition) is 5. The molecule has 4 amide bonds. The number of amides is 4. The van der Waals surface area contributed by atoms with Gasteiger partial charge in [0.1, 0.15) is 12.1 Å². The lowest BCUT2D eigenvalue weighted by Crippen LogP contribution is -2.53. The van der Waals surface area contributed by atoms with Gasteiger partial charge in [-0.05, 0) is 41.7 Å². The number of carbonyl (C=O) groups excluding carboxylic acids is 4. The second-order valence-electron chi connectivity index (χ2n) is 11.9. The summed E-state index contributed by atoms with van der Waals surface area (Å²) >= 11 is 0. The van der Waals surface area contributed by atoms with Crippen LogP contribution in [0, 0.1) is 16.7 Å². The summed E-state index contributed by atoms with van der Waals surface area (Å²) in [6.07, 6.45) is -10.5. The Hall–Kier alpha value is -4.61. The zero-order valence-electron chi connectivity index (χ0n) is 23.6. The molecule has 3 N–H and O–H groups in total. The molecule has 2 aromatic carbocycles. The quantitative estimate of drug-likeness (QED) is 0.339. The lowest BCUT2D eigenvalue weighted by molar-refractivity contribution is -0.143. The van der Waals surface area contributed by atoms with Gasteiger partial charge < -0.3 is 20.9 Å². The highest BCUT2D eigenvalue weighted by Crippen LogP contribution is 2.46. The normalized spacial score (nSPS) is 20.5. The third-order valence-corrected chi connectivity index (χ3v) is 7.44. The fraction of sp³-hybridized carbons (Fsp3) is 0.414. The minimum absolute atomic E-state index is 0.0388. The zero-order chi connectivity index (χ0) is 32.8. The Morgan fingerprint density at radius 2 is 1.70 bits per heavy atom. The summed E-state index contributed by atoms with van der Waals surface area (Å²) in [7, 11) is 0. The number of rotatable bonds is 4. The number of fused-ring (bicyclic) bond motifs is 2. The van der Waals surface area contributed by atoms with E-state index in [-0.39, 0.29) is 25.5 Å². The van der Waals surface area contributed by atoms with Gasteiger partial charge in [-0.1, -0.05) is 39.0 Å². The smallest absolute Gasteiger partial charge is 0.336 e. The highest BCUT2D eigenvalue weighted by molar-refractivity contribution is 6.40. The van der Waals surface area contributed by atoms with Crippen molar-refractivity contribution in [3.05, 3.63) is 59.2 Å². The van der Waals surface area contributed by atoms with E-state index in [4.69, 9.17) is 0 Å². The maximum absolute atomic E-state index is 13.8. The molecule has 1 fully saturated rings. The van der Waals surface area contributed by atoms with Crippen molar-refractivity contribution in [1.29, 1.82) is 5.26 Å². The van der Waals surface area contributed by atoms with Crippen molar-refractivity contribution in [3.63, 3.8) is 0 Å². The molecule has 0 bridgehead atoms. The molecular weight excluding hydrogens is 596 g/mol. The van der Waals surface area contributed by atoms with Gasteiger partial charge in [-0.15, -0.1) is 0 Å². The molecule has 44 heavy (non-hydrogen) atoms. The molecule has 4 rings (SSSR count). The van der Waals surface area contributed by atoms with Crippen LogP contribution in [-0.4, -0.2) is 47.2 Å². The van der Waals surface area contributed by atoms with Crippen molar-refractivity contribution in [2.45, 2.75) is 63.5 Å². The first-order chi connectivity index (χ1) is 20.3. The van der Waals surface area contributed by atoms with Gasteiger partial charge in [0.2, 0.25) is 11.8 Å². The first-order valence-corrected chi connectivity index (χ1v) is 13.3. The SMILES string of the molecule is CC(C)(C)C[C@H](NC(=O)C(=O)Nc1ccc(C(F)(F)F)cc1C(F)(F)F)C(=O)N1C[C@]2(C[C@H]1C#N)C(=O)Nc1ccccc12. The molecule has 3 atom stereocenters. The lowest BCUT2D eigenvalue weighted by Gasteiger charge is -2.31. The van der Waals surface area contributed by atoms with Crippen molar-refractivity contribution in [1.82, 2.24) is 10.2 Å². The average molecular weight is 624 g/mol. The van der Waals surface area contributed by atoms with Crippen LogP contribution >= 0.6 is 0 Å². The Morgan fingerprint density at radius 3 is 2.30 bits per heavy atom. The minimum atomic E-state index is -5.31. The highest BCUT2D eigenvalue weighted by atomic mass is 19.4. The molecule has 9 nitrogen and oxygen atoms in total. The van der Waals surface area contributed by atoms with Gasteiger partial charge in [-0.3, -0.25) is 19.2 Å². The van der Waals surface area contributed by atoms with Crippen molar-refractivity contribution < 1.29 is 45.5 Å². The van der Waals surface area contributed by atoms with Gasteiger partial charge in [-0.25, -0.2) is 0 Å². The van der Waals surface area contributed by atoms with Crippen LogP contribution in [0.1, 0.15) is 50.3 Å². The predicted octanol–water partition coefficient (Wildman–Crippen LogP) is 4.60. The summed E-state index contributed by atoms with van der Waals surface area (Å²) in [6.45, 7) is 4.93. The van der Waals surface area contributed by atoms with Crippen LogP contribution in [0.25, 0.3) is 0 Å². The number of anilines is 2. The van der Waals surface area contributed by atoms with E-state index in [0.29, 0.717) is 23.4 Å². The van der Waals surface area contributed by atoms with Gasteiger partial charge in [-0.2, -0.15) is 31.6 Å². The van der Waals surface area contributed by atoms with E-state index >= 15 is 0 Å². The molecule has 0 aliphatic carbocycles. The molecule has 2 heterocycles. The van der Waals surface area contributed by atoms with Gasteiger partial charge in [0.25, 0.3) is 0 Å². The second kappa shape index (κ2) is 11.1. The third-order valence-electron chi connectivity index (χ3n) is 7.44. The van der Waals surface area contributed by atoms with Crippen LogP contribution in [0.5, 0.6) is 0 Å². The van der Waals surface area contributed by atoms with Crippen molar-refractivity contribution in [2.24, 2.45) is 5.41 Å². The number of nitrogens with one attached hydrogen (secondary N) is 3. The van der Waals surface area contributed by atoms with Gasteiger partial charge >= 0.3 is 24.2 Å². The number of likely N-dealkylation sites (tertiary alicyclic amines) is 1. The molecule has 234 valence electrons. The molecule has 1 saturated heterocycles. The van der Waals surface area contributed by atoms with Crippen molar-refractivity contribution in [3.8, 4) is 6.07 Å². The summed E-state index contributed by atoms with van der Waals surface area (Å²) in [5.74, 6) is -4.41. The Morgan fingerprint density at radius 1 is 1.05 bits per heavy atom. The van der Waals surface area contributed by atoms with Gasteiger partial charge in [0.15, 0.2) is 0 Å². The Balaban J connectivity index is 1.58. The number of alkyl halides is 6. The van der Waals surface area contributed by atoms with Crippen LogP contribution in [0.2, 0.25) is 0 Å². The molecule has 0 saturated carbocycles. The van der Waals surface area contributed by atoms with E-state index < -0.39 is 75.7 Å². The maximum Gasteiger partial charge on any atom is 0.418 e. The van der Waals surface area contributed by atoms with E-state index in [1.54, 1.807) is 50.4 Å². The molecular formula is C29H27F6N5O4. The Labute approximate surface area is 247 Å². The van der Waals surface area contributed by atoms with E-state index in [9.17, 15) is 50.8 Å². The largest absolute Gasteiger partial charge is 0.418 e. The van der Waals surface area contributed by atoms with Crippen LogP contribution in [-0.2, 0) is 36.9 Å². The Bertz CT molecular complexity index is 1560. The van der Waals surface area contributed by atoms with E-state index in [1.165, 1.54) is 0 Å². The number of hydrogen-bond donors (Lipinski definition) is 3. The van der Waals surface area contributed by atoms with E-state index in [1.807, 2.05) is 6.07 Å². The van der Waals surface area contributed by atoms with Crippen LogP contribution in [0.4, 0.5) is 37.7 Å². The summed E-state index contributed by atoms with van der Waals surface area (Å²) in [5, 5.41) is 16.5. The van der Waals surface area contributed by atoms with E-state index in [2.05, 4.69) is 10.6 Å². The number of nitriles is 1. The summed E-state index contributed by atoms with van der Waals surface area (Å²) in [4.78, 5) is 53.6. The summed E-state index contributed by atoms with van der Waals surface area (Å²) in [6, 6.07) is 6.75. The molecule has 0 aromatic heterocycles. The number of halogens is 6. The number of carbonyl (C=O) groups is 4. The third kappa shape index (κ3) is 6.34. The molecule has 0 unspecified atom stereocenters. The number of benzene rings is 2. The molecule has 2 aromatic rings. The lowest BCUT2D eigenvalue weighted by atomic mass is 9.80. The summed E-state index contributed by atoms with van der Waals surface area (Å²) in [5.41, 5.74) is -5.31. The first-order valence-electron chi connectivity index (χ1n) is 13.3. The highest BCUT2D eigenvalue weighted by Gasteiger charge is 2.56. The van der Waals surface area contributed by atoms with Gasteiger partial charge in [0, 0.05) is 18.7 Å². The van der Waals surface area contributed by atoms with Crippen LogP contribution in [0.15, 0.2) is 42.5 Å². The van der Waals surface area contributed by atoms with Gasteiger partial charge in [0.05, 0.1) is 28.3 Å². The molecule has 15 heteroatoms. The maximum atomic E-state index is 13.8. The monoisotopic (exact) mass is 623 g/mol. The average Bonchev–Trinajstić information content (AvgIpc) is 3.43.